The Kier molecular flexibility index (Phi) is 4.12. The van der Waals surface area contributed by atoms with Crippen LogP contribution in [-0.2, 0) is 16.1 Å². The van der Waals surface area contributed by atoms with Gasteiger partial charge in [0.1, 0.15) is 18.2 Å². The summed E-state index contributed by atoms with van der Waals surface area (Å²) < 4.78 is 9.76. The summed E-state index contributed by atoms with van der Waals surface area (Å²) in [4.78, 5) is 12.0. The van der Waals surface area contributed by atoms with Gasteiger partial charge in [0.2, 0.25) is 0 Å². The molecule has 0 saturated carbocycles. The van der Waals surface area contributed by atoms with Crippen molar-refractivity contribution < 1.29 is 14.2 Å². The zero-order valence-corrected chi connectivity index (χ0v) is 10.6. The lowest BCUT2D eigenvalue weighted by Gasteiger charge is -2.11. The summed E-state index contributed by atoms with van der Waals surface area (Å²) in [5.41, 5.74) is 6.85. The van der Waals surface area contributed by atoms with Crippen molar-refractivity contribution in [3.63, 3.8) is 0 Å². The maximum atomic E-state index is 12.0. The monoisotopic (exact) mass is 261 g/mol. The van der Waals surface area contributed by atoms with Crippen molar-refractivity contribution in [2.75, 3.05) is 5.73 Å². The minimum atomic E-state index is -0.546. The summed E-state index contributed by atoms with van der Waals surface area (Å²) in [5.74, 6) is -0.799. The number of nitrogen functional groups attached to an aromatic ring is 1. The average Bonchev–Trinajstić information content (AvgIpc) is 2.85. The van der Waals surface area contributed by atoms with Crippen LogP contribution in [0.15, 0.2) is 35.0 Å². The summed E-state index contributed by atoms with van der Waals surface area (Å²) in [6, 6.07) is 9.46. The topological polar surface area (TPSA) is 91.2 Å². The first-order valence-corrected chi connectivity index (χ1v) is 6.00. The molecule has 1 aromatic heterocycles. The van der Waals surface area contributed by atoms with Crippen LogP contribution in [0.4, 0.5) is 5.82 Å². The summed E-state index contributed by atoms with van der Waals surface area (Å²) in [6.45, 7) is 2.07. The SMILES string of the molecule is CCC(C(=O)OCc1ccccc1)c1nonc1N. The first kappa shape index (κ1) is 13.1. The molecule has 6 nitrogen and oxygen atoms in total. The molecule has 0 amide bonds. The number of rotatable bonds is 5. The third-order valence-corrected chi connectivity index (χ3v) is 2.79. The Hall–Kier alpha value is -2.37. The van der Waals surface area contributed by atoms with E-state index in [9.17, 15) is 4.79 Å². The number of aromatic nitrogens is 2. The number of nitrogens with two attached hydrogens (primary N) is 1. The summed E-state index contributed by atoms with van der Waals surface area (Å²) in [7, 11) is 0. The predicted molar refractivity (Wildman–Crippen MR) is 68.0 cm³/mol. The molecular weight excluding hydrogens is 246 g/mol. The molecule has 100 valence electrons. The molecule has 0 bridgehead atoms. The van der Waals surface area contributed by atoms with E-state index in [-0.39, 0.29) is 18.4 Å². The van der Waals surface area contributed by atoms with Crippen LogP contribution in [-0.4, -0.2) is 16.3 Å². The van der Waals surface area contributed by atoms with Gasteiger partial charge in [-0.15, -0.1) is 0 Å². The Labute approximate surface area is 110 Å². The van der Waals surface area contributed by atoms with Crippen LogP contribution in [0.2, 0.25) is 0 Å². The first-order chi connectivity index (χ1) is 9.22. The second-order valence-corrected chi connectivity index (χ2v) is 4.09. The maximum absolute atomic E-state index is 12.0. The van der Waals surface area contributed by atoms with E-state index >= 15 is 0 Å². The normalized spacial score (nSPS) is 12.1. The predicted octanol–water partition coefficient (Wildman–Crippen LogP) is 1.89. The van der Waals surface area contributed by atoms with Gasteiger partial charge < -0.3 is 10.5 Å². The molecular formula is C13H15N3O3. The molecule has 0 aliphatic carbocycles. The Morgan fingerprint density at radius 3 is 2.68 bits per heavy atom. The van der Waals surface area contributed by atoms with Crippen LogP contribution in [0.5, 0.6) is 0 Å². The van der Waals surface area contributed by atoms with Crippen molar-refractivity contribution in [1.82, 2.24) is 10.3 Å². The molecule has 2 rings (SSSR count). The fourth-order valence-corrected chi connectivity index (χ4v) is 1.74. The maximum Gasteiger partial charge on any atom is 0.315 e. The van der Waals surface area contributed by atoms with Gasteiger partial charge in [-0.1, -0.05) is 42.4 Å². The number of ether oxygens (including phenoxy) is 1. The Bertz CT molecular complexity index is 539. The van der Waals surface area contributed by atoms with Gasteiger partial charge in [0.15, 0.2) is 5.82 Å². The largest absolute Gasteiger partial charge is 0.460 e. The quantitative estimate of drug-likeness (QED) is 0.826. The number of hydrogen-bond donors (Lipinski definition) is 1. The molecule has 19 heavy (non-hydrogen) atoms. The zero-order valence-electron chi connectivity index (χ0n) is 10.6. The molecule has 2 aromatic rings. The van der Waals surface area contributed by atoms with Crippen molar-refractivity contribution in [2.24, 2.45) is 0 Å². The van der Waals surface area contributed by atoms with Gasteiger partial charge in [0.25, 0.3) is 0 Å². The van der Waals surface area contributed by atoms with Gasteiger partial charge in [-0.3, -0.25) is 4.79 Å². The minimum Gasteiger partial charge on any atom is -0.460 e. The third-order valence-electron chi connectivity index (χ3n) is 2.79. The van der Waals surface area contributed by atoms with Crippen LogP contribution >= 0.6 is 0 Å². The molecule has 0 radical (unpaired) electrons. The number of carbonyl (C=O) groups excluding carboxylic acids is 1. The van der Waals surface area contributed by atoms with Crippen LogP contribution < -0.4 is 5.73 Å². The van der Waals surface area contributed by atoms with Crippen molar-refractivity contribution in [2.45, 2.75) is 25.9 Å². The fraction of sp³-hybridized carbons (Fsp3) is 0.308. The van der Waals surface area contributed by atoms with Crippen molar-refractivity contribution in [3.8, 4) is 0 Å². The molecule has 2 N–H and O–H groups in total. The summed E-state index contributed by atoms with van der Waals surface area (Å²) in [6.07, 6.45) is 0.520. The number of nitrogens with zero attached hydrogens (tertiary/aromatic N) is 2. The van der Waals surface area contributed by atoms with E-state index in [1.54, 1.807) is 0 Å². The van der Waals surface area contributed by atoms with E-state index in [2.05, 4.69) is 14.9 Å². The molecule has 6 heteroatoms. The number of carbonyl (C=O) groups is 1. The Balaban J connectivity index is 2.00. The lowest BCUT2D eigenvalue weighted by molar-refractivity contribution is -0.147. The fourth-order valence-electron chi connectivity index (χ4n) is 1.74. The second-order valence-electron chi connectivity index (χ2n) is 4.09. The van der Waals surface area contributed by atoms with E-state index in [4.69, 9.17) is 10.5 Å². The van der Waals surface area contributed by atoms with Crippen molar-refractivity contribution in [3.05, 3.63) is 41.6 Å². The average molecular weight is 261 g/mol. The van der Waals surface area contributed by atoms with Crippen molar-refractivity contribution >= 4 is 11.8 Å². The zero-order chi connectivity index (χ0) is 13.7. The highest BCUT2D eigenvalue weighted by atomic mass is 16.6. The van der Waals surface area contributed by atoms with E-state index < -0.39 is 5.92 Å². The van der Waals surface area contributed by atoms with Crippen molar-refractivity contribution in [1.29, 1.82) is 0 Å². The molecule has 0 aliphatic heterocycles. The van der Waals surface area contributed by atoms with E-state index in [1.165, 1.54) is 0 Å². The van der Waals surface area contributed by atoms with Gasteiger partial charge in [0.05, 0.1) is 0 Å². The Morgan fingerprint density at radius 2 is 2.11 bits per heavy atom. The van der Waals surface area contributed by atoms with Crippen LogP contribution in [0.25, 0.3) is 0 Å². The van der Waals surface area contributed by atoms with E-state index in [0.717, 1.165) is 5.56 Å². The highest BCUT2D eigenvalue weighted by Gasteiger charge is 2.26. The molecule has 1 heterocycles. The molecule has 0 fully saturated rings. The van der Waals surface area contributed by atoms with Crippen LogP contribution in [0.3, 0.4) is 0 Å². The standard InChI is InChI=1S/C13H15N3O3/c1-2-10(11-12(14)16-19-15-11)13(17)18-8-9-6-4-3-5-7-9/h3-7,10H,2,8H2,1H3,(H2,14,16). The van der Waals surface area contributed by atoms with Crippen LogP contribution in [0.1, 0.15) is 30.5 Å². The highest BCUT2D eigenvalue weighted by molar-refractivity contribution is 5.78. The number of esters is 1. The smallest absolute Gasteiger partial charge is 0.315 e. The molecule has 0 saturated heterocycles. The highest BCUT2D eigenvalue weighted by Crippen LogP contribution is 2.23. The lowest BCUT2D eigenvalue weighted by atomic mass is 10.0. The molecule has 1 aromatic carbocycles. The first-order valence-electron chi connectivity index (χ1n) is 6.00. The number of hydrogen-bond acceptors (Lipinski definition) is 6. The van der Waals surface area contributed by atoms with Gasteiger partial charge >= 0.3 is 5.97 Å². The van der Waals surface area contributed by atoms with E-state index in [1.807, 2.05) is 37.3 Å². The third kappa shape index (κ3) is 3.09. The summed E-state index contributed by atoms with van der Waals surface area (Å²) in [5, 5.41) is 7.12. The molecule has 0 spiro atoms. The number of benzene rings is 1. The number of anilines is 1. The van der Waals surface area contributed by atoms with Gasteiger partial charge in [0, 0.05) is 0 Å². The minimum absolute atomic E-state index is 0.128. The van der Waals surface area contributed by atoms with E-state index in [0.29, 0.717) is 12.1 Å². The van der Waals surface area contributed by atoms with Crippen LogP contribution in [0, 0.1) is 0 Å². The molecule has 0 aliphatic rings. The van der Waals surface area contributed by atoms with Gasteiger partial charge in [-0.25, -0.2) is 4.63 Å². The van der Waals surface area contributed by atoms with Gasteiger partial charge in [-0.05, 0) is 17.1 Å². The lowest BCUT2D eigenvalue weighted by Crippen LogP contribution is -2.17. The second kappa shape index (κ2) is 5.99. The summed E-state index contributed by atoms with van der Waals surface area (Å²) >= 11 is 0. The Morgan fingerprint density at radius 1 is 1.37 bits per heavy atom. The van der Waals surface area contributed by atoms with Gasteiger partial charge in [-0.2, -0.15) is 0 Å². The molecule has 1 atom stereocenters. The molecule has 1 unspecified atom stereocenters.